The Hall–Kier alpha value is -0.930. The Kier molecular flexibility index (Phi) is 3.34. The molecule has 15 heavy (non-hydrogen) atoms. The van der Waals surface area contributed by atoms with Crippen LogP contribution in [0, 0.1) is 6.92 Å². The zero-order valence-electron chi connectivity index (χ0n) is 9.19. The number of hydrogen-bond donors (Lipinski definition) is 1. The van der Waals surface area contributed by atoms with Crippen LogP contribution in [0.25, 0.3) is 0 Å². The molecule has 0 spiro atoms. The highest BCUT2D eigenvalue weighted by atomic mass is 16.3. The Labute approximate surface area is 90.8 Å². The number of aryl methyl sites for hydroxylation is 1. The molecule has 1 fully saturated rings. The van der Waals surface area contributed by atoms with Gasteiger partial charge in [0.2, 0.25) is 0 Å². The first kappa shape index (κ1) is 10.6. The smallest absolute Gasteiger partial charge is 0.0587 e. The molecule has 0 saturated carbocycles. The zero-order valence-corrected chi connectivity index (χ0v) is 9.19. The minimum Gasteiger partial charge on any atom is -0.395 e. The van der Waals surface area contributed by atoms with E-state index in [1.807, 2.05) is 19.1 Å². The van der Waals surface area contributed by atoms with Crippen LogP contribution in [0.3, 0.4) is 0 Å². The van der Waals surface area contributed by atoms with Crippen molar-refractivity contribution in [3.8, 4) is 0 Å². The lowest BCUT2D eigenvalue weighted by Gasteiger charge is -2.22. The first-order chi connectivity index (χ1) is 7.29. The standard InChI is InChI=1S/C12H18N2O/c1-10-4-2-5-11(13-10)8-14-7-3-6-12(14)9-15/h2,4-5,12,15H,3,6-9H2,1H3. The average Bonchev–Trinajstić information content (AvgIpc) is 2.65. The maximum absolute atomic E-state index is 9.21. The summed E-state index contributed by atoms with van der Waals surface area (Å²) < 4.78 is 0. The van der Waals surface area contributed by atoms with E-state index < -0.39 is 0 Å². The minimum absolute atomic E-state index is 0.270. The van der Waals surface area contributed by atoms with Crippen molar-refractivity contribution in [2.45, 2.75) is 32.4 Å². The fourth-order valence-corrected chi connectivity index (χ4v) is 2.21. The summed E-state index contributed by atoms with van der Waals surface area (Å²) in [6.07, 6.45) is 2.30. The molecule has 0 aromatic carbocycles. The van der Waals surface area contributed by atoms with Gasteiger partial charge in [-0.15, -0.1) is 0 Å². The van der Waals surface area contributed by atoms with Gasteiger partial charge >= 0.3 is 0 Å². The second kappa shape index (κ2) is 4.73. The molecule has 0 amide bonds. The highest BCUT2D eigenvalue weighted by molar-refractivity contribution is 5.10. The van der Waals surface area contributed by atoms with Crippen molar-refractivity contribution in [3.05, 3.63) is 29.6 Å². The van der Waals surface area contributed by atoms with E-state index in [0.717, 1.165) is 30.9 Å². The maximum atomic E-state index is 9.21. The van der Waals surface area contributed by atoms with Crippen molar-refractivity contribution >= 4 is 0 Å². The van der Waals surface area contributed by atoms with Crippen molar-refractivity contribution in [1.29, 1.82) is 0 Å². The number of hydrogen-bond acceptors (Lipinski definition) is 3. The summed E-state index contributed by atoms with van der Waals surface area (Å²) in [5, 5.41) is 9.21. The quantitative estimate of drug-likeness (QED) is 0.811. The molecule has 1 N–H and O–H groups in total. The van der Waals surface area contributed by atoms with E-state index in [9.17, 15) is 5.11 Å². The molecule has 3 nitrogen and oxygen atoms in total. The van der Waals surface area contributed by atoms with Gasteiger partial charge in [-0.05, 0) is 38.4 Å². The van der Waals surface area contributed by atoms with Gasteiger partial charge in [0.1, 0.15) is 0 Å². The second-order valence-electron chi connectivity index (χ2n) is 4.22. The van der Waals surface area contributed by atoms with Crippen LogP contribution in [0.1, 0.15) is 24.2 Å². The fourth-order valence-electron chi connectivity index (χ4n) is 2.21. The lowest BCUT2D eigenvalue weighted by Crippen LogP contribution is -2.31. The van der Waals surface area contributed by atoms with Gasteiger partial charge in [-0.2, -0.15) is 0 Å². The Balaban J connectivity index is 2.02. The monoisotopic (exact) mass is 206 g/mol. The Morgan fingerprint density at radius 2 is 2.40 bits per heavy atom. The predicted molar refractivity (Wildman–Crippen MR) is 59.5 cm³/mol. The van der Waals surface area contributed by atoms with Crippen LogP contribution in [0.5, 0.6) is 0 Å². The van der Waals surface area contributed by atoms with E-state index in [1.165, 1.54) is 6.42 Å². The number of aliphatic hydroxyl groups excluding tert-OH is 1. The highest BCUT2D eigenvalue weighted by Crippen LogP contribution is 2.18. The fraction of sp³-hybridized carbons (Fsp3) is 0.583. The van der Waals surface area contributed by atoms with Gasteiger partial charge in [0.05, 0.1) is 12.3 Å². The summed E-state index contributed by atoms with van der Waals surface area (Å²) >= 11 is 0. The Morgan fingerprint density at radius 1 is 1.53 bits per heavy atom. The van der Waals surface area contributed by atoms with Crippen LogP contribution in [-0.4, -0.2) is 34.2 Å². The third-order valence-corrected chi connectivity index (χ3v) is 3.02. The molecule has 1 saturated heterocycles. The summed E-state index contributed by atoms with van der Waals surface area (Å²) in [4.78, 5) is 6.80. The lowest BCUT2D eigenvalue weighted by molar-refractivity contribution is 0.152. The molecule has 0 aliphatic carbocycles. The lowest BCUT2D eigenvalue weighted by atomic mass is 10.2. The van der Waals surface area contributed by atoms with E-state index in [-0.39, 0.29) is 6.61 Å². The molecule has 3 heteroatoms. The van der Waals surface area contributed by atoms with Crippen LogP contribution >= 0.6 is 0 Å². The van der Waals surface area contributed by atoms with Crippen LogP contribution in [0.15, 0.2) is 18.2 Å². The Morgan fingerprint density at radius 3 is 3.13 bits per heavy atom. The summed E-state index contributed by atoms with van der Waals surface area (Å²) in [5.41, 5.74) is 2.17. The first-order valence-corrected chi connectivity index (χ1v) is 5.57. The number of pyridine rings is 1. The van der Waals surface area contributed by atoms with Gasteiger partial charge in [-0.25, -0.2) is 0 Å². The average molecular weight is 206 g/mol. The normalized spacial score (nSPS) is 22.1. The summed E-state index contributed by atoms with van der Waals surface area (Å²) in [5.74, 6) is 0. The van der Waals surface area contributed by atoms with Crippen LogP contribution in [0.2, 0.25) is 0 Å². The van der Waals surface area contributed by atoms with Crippen LogP contribution in [-0.2, 0) is 6.54 Å². The van der Waals surface area contributed by atoms with Crippen molar-refractivity contribution in [3.63, 3.8) is 0 Å². The topological polar surface area (TPSA) is 36.4 Å². The van der Waals surface area contributed by atoms with Crippen molar-refractivity contribution in [2.24, 2.45) is 0 Å². The molecule has 1 unspecified atom stereocenters. The largest absolute Gasteiger partial charge is 0.395 e. The number of aromatic nitrogens is 1. The summed E-state index contributed by atoms with van der Waals surface area (Å²) in [6.45, 7) is 4.23. The first-order valence-electron chi connectivity index (χ1n) is 5.57. The van der Waals surface area contributed by atoms with Crippen LogP contribution in [0.4, 0.5) is 0 Å². The molecule has 1 aliphatic rings. The number of rotatable bonds is 3. The van der Waals surface area contributed by atoms with Crippen molar-refractivity contribution in [1.82, 2.24) is 9.88 Å². The molecule has 1 aliphatic heterocycles. The predicted octanol–water partition coefficient (Wildman–Crippen LogP) is 1.35. The molecule has 1 aromatic heterocycles. The van der Waals surface area contributed by atoms with Crippen molar-refractivity contribution in [2.75, 3.05) is 13.2 Å². The van der Waals surface area contributed by atoms with Crippen molar-refractivity contribution < 1.29 is 5.11 Å². The molecule has 1 aromatic rings. The molecule has 0 bridgehead atoms. The highest BCUT2D eigenvalue weighted by Gasteiger charge is 2.23. The molecule has 82 valence electrons. The molecule has 2 rings (SSSR count). The van der Waals surface area contributed by atoms with E-state index >= 15 is 0 Å². The molecule has 2 heterocycles. The zero-order chi connectivity index (χ0) is 10.7. The second-order valence-corrected chi connectivity index (χ2v) is 4.22. The third kappa shape index (κ3) is 2.55. The van der Waals surface area contributed by atoms with Gasteiger partial charge in [0.25, 0.3) is 0 Å². The van der Waals surface area contributed by atoms with Gasteiger partial charge in [0, 0.05) is 18.3 Å². The SMILES string of the molecule is Cc1cccc(CN2CCCC2CO)n1. The summed E-state index contributed by atoms with van der Waals surface area (Å²) in [6, 6.07) is 6.45. The minimum atomic E-state index is 0.270. The Bertz CT molecular complexity index is 327. The third-order valence-electron chi connectivity index (χ3n) is 3.02. The maximum Gasteiger partial charge on any atom is 0.0587 e. The van der Waals surface area contributed by atoms with Gasteiger partial charge < -0.3 is 5.11 Å². The molecular formula is C12H18N2O. The van der Waals surface area contributed by atoms with E-state index in [1.54, 1.807) is 0 Å². The number of likely N-dealkylation sites (tertiary alicyclic amines) is 1. The van der Waals surface area contributed by atoms with E-state index in [2.05, 4.69) is 16.0 Å². The summed E-state index contributed by atoms with van der Waals surface area (Å²) in [7, 11) is 0. The molecular weight excluding hydrogens is 188 g/mol. The van der Waals surface area contributed by atoms with E-state index in [0.29, 0.717) is 6.04 Å². The number of nitrogens with zero attached hydrogens (tertiary/aromatic N) is 2. The van der Waals surface area contributed by atoms with Gasteiger partial charge in [-0.3, -0.25) is 9.88 Å². The number of aliphatic hydroxyl groups is 1. The molecule has 0 radical (unpaired) electrons. The van der Waals surface area contributed by atoms with Gasteiger partial charge in [0.15, 0.2) is 0 Å². The molecule has 1 atom stereocenters. The van der Waals surface area contributed by atoms with E-state index in [4.69, 9.17) is 0 Å². The van der Waals surface area contributed by atoms with Crippen LogP contribution < -0.4 is 0 Å². The van der Waals surface area contributed by atoms with Gasteiger partial charge in [-0.1, -0.05) is 6.07 Å².